The van der Waals surface area contributed by atoms with Crippen LogP contribution in [0.5, 0.6) is 0 Å². The average Bonchev–Trinajstić information content (AvgIpc) is 3.21. The van der Waals surface area contributed by atoms with Gasteiger partial charge >= 0.3 is 0 Å². The van der Waals surface area contributed by atoms with Gasteiger partial charge in [-0.2, -0.15) is 0 Å². The molecule has 164 valence electrons. The number of hydrogen-bond donors (Lipinski definition) is 2. The van der Waals surface area contributed by atoms with Gasteiger partial charge in [-0.1, -0.05) is 47.7 Å². The molecule has 0 saturated heterocycles. The molecule has 0 unspecified atom stereocenters. The first kappa shape index (κ1) is 23.1. The molecule has 31 heavy (non-hydrogen) atoms. The second-order valence-corrected chi connectivity index (χ2v) is 10.2. The number of sulfonamides is 1. The minimum absolute atomic E-state index is 0.0236. The van der Waals surface area contributed by atoms with Crippen molar-refractivity contribution in [3.8, 4) is 0 Å². The van der Waals surface area contributed by atoms with Crippen LogP contribution in [0, 0.1) is 20.8 Å². The maximum absolute atomic E-state index is 12.6. The van der Waals surface area contributed by atoms with Gasteiger partial charge in [-0.05, 0) is 56.4 Å². The summed E-state index contributed by atoms with van der Waals surface area (Å²) in [5.74, 6) is -0.0236. The SMILES string of the molecule is Cc1ccc(C)c(S(=O)(=O)NCCCCNc2ncc(C(=O)c3ccccc3C)s2)c1. The molecular weight excluding hydrogens is 430 g/mol. The summed E-state index contributed by atoms with van der Waals surface area (Å²) in [5.41, 5.74) is 3.28. The van der Waals surface area contributed by atoms with Crippen molar-refractivity contribution in [1.29, 1.82) is 0 Å². The molecule has 1 heterocycles. The predicted molar refractivity (Wildman–Crippen MR) is 126 cm³/mol. The zero-order chi connectivity index (χ0) is 22.4. The molecule has 0 saturated carbocycles. The lowest BCUT2D eigenvalue weighted by molar-refractivity contribution is 0.104. The van der Waals surface area contributed by atoms with Gasteiger partial charge in [0.2, 0.25) is 15.8 Å². The fourth-order valence-electron chi connectivity index (χ4n) is 3.15. The number of carbonyl (C=O) groups excluding carboxylic acids is 1. The number of nitrogens with zero attached hydrogens (tertiary/aromatic N) is 1. The van der Waals surface area contributed by atoms with Crippen LogP contribution in [0.4, 0.5) is 5.13 Å². The number of aromatic nitrogens is 1. The van der Waals surface area contributed by atoms with E-state index in [1.807, 2.05) is 50.2 Å². The highest BCUT2D eigenvalue weighted by atomic mass is 32.2. The van der Waals surface area contributed by atoms with Crippen molar-refractivity contribution in [1.82, 2.24) is 9.71 Å². The van der Waals surface area contributed by atoms with Crippen molar-refractivity contribution in [2.24, 2.45) is 0 Å². The van der Waals surface area contributed by atoms with Crippen molar-refractivity contribution in [2.45, 2.75) is 38.5 Å². The molecule has 8 heteroatoms. The highest BCUT2D eigenvalue weighted by Gasteiger charge is 2.16. The van der Waals surface area contributed by atoms with Gasteiger partial charge in [0.15, 0.2) is 5.13 Å². The van der Waals surface area contributed by atoms with Crippen LogP contribution in [-0.4, -0.2) is 32.3 Å². The molecule has 0 radical (unpaired) electrons. The van der Waals surface area contributed by atoms with E-state index in [0.717, 1.165) is 23.1 Å². The number of aryl methyl sites for hydroxylation is 3. The Hall–Kier alpha value is -2.55. The largest absolute Gasteiger partial charge is 0.362 e. The highest BCUT2D eigenvalue weighted by Crippen LogP contribution is 2.22. The van der Waals surface area contributed by atoms with E-state index >= 15 is 0 Å². The van der Waals surface area contributed by atoms with E-state index in [2.05, 4.69) is 15.0 Å². The van der Waals surface area contributed by atoms with Crippen molar-refractivity contribution in [3.63, 3.8) is 0 Å². The molecule has 3 aromatic rings. The first-order valence-corrected chi connectivity index (χ1v) is 12.4. The molecule has 0 amide bonds. The third kappa shape index (κ3) is 6.00. The van der Waals surface area contributed by atoms with Crippen molar-refractivity contribution >= 4 is 32.3 Å². The van der Waals surface area contributed by atoms with E-state index in [-0.39, 0.29) is 5.78 Å². The summed E-state index contributed by atoms with van der Waals surface area (Å²) in [7, 11) is -3.51. The summed E-state index contributed by atoms with van der Waals surface area (Å²) in [4.78, 5) is 17.8. The van der Waals surface area contributed by atoms with Crippen LogP contribution in [0.1, 0.15) is 44.8 Å². The Kier molecular flexibility index (Phi) is 7.59. The quantitative estimate of drug-likeness (QED) is 0.346. The van der Waals surface area contributed by atoms with Gasteiger partial charge in [-0.3, -0.25) is 4.79 Å². The third-order valence-corrected chi connectivity index (χ3v) is 7.48. The molecule has 1 aromatic heterocycles. The Morgan fingerprint density at radius 2 is 1.74 bits per heavy atom. The number of rotatable bonds is 10. The molecule has 0 spiro atoms. The van der Waals surface area contributed by atoms with Gasteiger partial charge in [0, 0.05) is 18.7 Å². The van der Waals surface area contributed by atoms with E-state index in [4.69, 9.17) is 0 Å². The zero-order valence-corrected chi connectivity index (χ0v) is 19.6. The number of ketones is 1. The minimum atomic E-state index is -3.51. The molecule has 2 N–H and O–H groups in total. The number of benzene rings is 2. The number of anilines is 1. The summed E-state index contributed by atoms with van der Waals surface area (Å²) >= 11 is 1.33. The molecule has 6 nitrogen and oxygen atoms in total. The average molecular weight is 458 g/mol. The second-order valence-electron chi connectivity index (χ2n) is 7.47. The zero-order valence-electron chi connectivity index (χ0n) is 17.9. The van der Waals surface area contributed by atoms with E-state index in [9.17, 15) is 13.2 Å². The van der Waals surface area contributed by atoms with Crippen LogP contribution < -0.4 is 10.0 Å². The molecular formula is C23H27N3O3S2. The van der Waals surface area contributed by atoms with E-state index in [1.54, 1.807) is 19.2 Å². The maximum atomic E-state index is 12.6. The van der Waals surface area contributed by atoms with Gasteiger partial charge in [0.05, 0.1) is 16.0 Å². The van der Waals surface area contributed by atoms with Gasteiger partial charge < -0.3 is 5.32 Å². The van der Waals surface area contributed by atoms with Gasteiger partial charge in [0.25, 0.3) is 0 Å². The molecule has 3 rings (SSSR count). The lowest BCUT2D eigenvalue weighted by Gasteiger charge is -2.10. The first-order valence-electron chi connectivity index (χ1n) is 10.1. The van der Waals surface area contributed by atoms with Gasteiger partial charge in [-0.25, -0.2) is 18.1 Å². The third-order valence-electron chi connectivity index (χ3n) is 4.92. The summed E-state index contributed by atoms with van der Waals surface area (Å²) in [5, 5.41) is 3.90. The Morgan fingerprint density at radius 1 is 1.00 bits per heavy atom. The van der Waals surface area contributed by atoms with Crippen molar-refractivity contribution in [3.05, 3.63) is 75.8 Å². The van der Waals surface area contributed by atoms with Crippen molar-refractivity contribution in [2.75, 3.05) is 18.4 Å². The molecule has 0 aliphatic heterocycles. The highest BCUT2D eigenvalue weighted by molar-refractivity contribution is 7.89. The summed E-state index contributed by atoms with van der Waals surface area (Å²) in [6.45, 7) is 6.61. The van der Waals surface area contributed by atoms with Crippen molar-refractivity contribution < 1.29 is 13.2 Å². The first-order chi connectivity index (χ1) is 14.8. The normalized spacial score (nSPS) is 11.5. The van der Waals surface area contributed by atoms with Crippen LogP contribution in [0.2, 0.25) is 0 Å². The molecule has 0 atom stereocenters. The van der Waals surface area contributed by atoms with E-state index in [1.165, 1.54) is 11.3 Å². The fourth-order valence-corrected chi connectivity index (χ4v) is 5.35. The summed E-state index contributed by atoms with van der Waals surface area (Å²) < 4.78 is 27.7. The van der Waals surface area contributed by atoms with Gasteiger partial charge in [-0.15, -0.1) is 0 Å². The lowest BCUT2D eigenvalue weighted by Crippen LogP contribution is -2.26. The topological polar surface area (TPSA) is 88.2 Å². The minimum Gasteiger partial charge on any atom is -0.362 e. The Labute approximate surface area is 187 Å². The Balaban J connectivity index is 1.44. The second kappa shape index (κ2) is 10.2. The number of thiazole rings is 1. The molecule has 2 aromatic carbocycles. The smallest absolute Gasteiger partial charge is 0.240 e. The van der Waals surface area contributed by atoms with Crippen LogP contribution in [0.3, 0.4) is 0 Å². The summed E-state index contributed by atoms with van der Waals surface area (Å²) in [6, 6.07) is 12.9. The maximum Gasteiger partial charge on any atom is 0.240 e. The number of unbranched alkanes of at least 4 members (excludes halogenated alkanes) is 1. The van der Waals surface area contributed by atoms with Crippen LogP contribution >= 0.6 is 11.3 Å². The van der Waals surface area contributed by atoms with Crippen LogP contribution in [-0.2, 0) is 10.0 Å². The van der Waals surface area contributed by atoms with E-state index in [0.29, 0.717) is 40.0 Å². The molecule has 0 aliphatic carbocycles. The Morgan fingerprint density at radius 3 is 2.52 bits per heavy atom. The van der Waals surface area contributed by atoms with Crippen LogP contribution in [0.15, 0.2) is 53.6 Å². The standard InChI is InChI=1S/C23H27N3O3S2/c1-16-10-11-18(3)21(14-16)31(28,29)26-13-7-6-12-24-23-25-15-20(30-23)22(27)19-9-5-4-8-17(19)2/h4-5,8-11,14-15,26H,6-7,12-13H2,1-3H3,(H,24,25). The number of hydrogen-bond acceptors (Lipinski definition) is 6. The summed E-state index contributed by atoms with van der Waals surface area (Å²) in [6.07, 6.45) is 3.06. The van der Waals surface area contributed by atoms with Gasteiger partial charge in [0.1, 0.15) is 0 Å². The monoisotopic (exact) mass is 457 g/mol. The Bertz CT molecular complexity index is 1170. The molecule has 0 bridgehead atoms. The number of carbonyl (C=O) groups is 1. The lowest BCUT2D eigenvalue weighted by atomic mass is 10.0. The molecule has 0 fully saturated rings. The van der Waals surface area contributed by atoms with Crippen LogP contribution in [0.25, 0.3) is 0 Å². The van der Waals surface area contributed by atoms with E-state index < -0.39 is 10.0 Å². The number of nitrogens with one attached hydrogen (secondary N) is 2. The fraction of sp³-hybridized carbons (Fsp3) is 0.304. The predicted octanol–water partition coefficient (Wildman–Crippen LogP) is 4.47. The molecule has 0 aliphatic rings.